The zero-order valence-electron chi connectivity index (χ0n) is 15.3. The lowest BCUT2D eigenvalue weighted by molar-refractivity contribution is -0.115. The van der Waals surface area contributed by atoms with Crippen molar-refractivity contribution in [3.63, 3.8) is 0 Å². The molecule has 2 heterocycles. The molecule has 13 heteroatoms. The van der Waals surface area contributed by atoms with Crippen molar-refractivity contribution in [2.45, 2.75) is 15.5 Å². The first-order valence-electron chi connectivity index (χ1n) is 8.56. The minimum absolute atomic E-state index is 0.0298. The van der Waals surface area contributed by atoms with Crippen LogP contribution in [0.5, 0.6) is 0 Å². The highest BCUT2D eigenvalue weighted by atomic mass is 35.5. The van der Waals surface area contributed by atoms with Crippen molar-refractivity contribution in [1.29, 1.82) is 0 Å². The second-order valence-corrected chi connectivity index (χ2v) is 11.9. The molecule has 1 aliphatic rings. The van der Waals surface area contributed by atoms with E-state index in [0.29, 0.717) is 11.3 Å². The van der Waals surface area contributed by atoms with Gasteiger partial charge in [0.25, 0.3) is 20.0 Å². The molecule has 3 N–H and O–H groups in total. The van der Waals surface area contributed by atoms with Crippen LogP contribution < -0.4 is 14.8 Å². The van der Waals surface area contributed by atoms with E-state index in [9.17, 15) is 21.6 Å². The molecule has 0 radical (unpaired) electrons. The van der Waals surface area contributed by atoms with E-state index in [1.165, 1.54) is 36.4 Å². The maximum atomic E-state index is 13.0. The Bertz CT molecular complexity index is 1410. The van der Waals surface area contributed by atoms with Crippen molar-refractivity contribution in [1.82, 2.24) is 0 Å². The van der Waals surface area contributed by atoms with E-state index in [0.717, 1.165) is 11.3 Å². The van der Waals surface area contributed by atoms with Crippen LogP contribution >= 0.6 is 34.5 Å². The topological polar surface area (TPSA) is 121 Å². The van der Waals surface area contributed by atoms with Gasteiger partial charge in [0, 0.05) is 5.69 Å². The Morgan fingerprint density at radius 1 is 0.903 bits per heavy atom. The molecule has 0 saturated heterocycles. The van der Waals surface area contributed by atoms with E-state index in [-0.39, 0.29) is 42.9 Å². The number of nitrogens with one attached hydrogen (secondary N) is 3. The summed E-state index contributed by atoms with van der Waals surface area (Å²) in [4.78, 5) is 11.4. The summed E-state index contributed by atoms with van der Waals surface area (Å²) in [7, 11) is -8.11. The summed E-state index contributed by atoms with van der Waals surface area (Å²) in [6, 6.07) is 9.62. The highest BCUT2D eigenvalue weighted by molar-refractivity contribution is 7.94. The van der Waals surface area contributed by atoms with Crippen LogP contribution in [0, 0.1) is 0 Å². The van der Waals surface area contributed by atoms with Crippen molar-refractivity contribution in [2.24, 2.45) is 0 Å². The quantitative estimate of drug-likeness (QED) is 0.453. The summed E-state index contributed by atoms with van der Waals surface area (Å²) >= 11 is 13.1. The van der Waals surface area contributed by atoms with Gasteiger partial charge < -0.3 is 5.32 Å². The highest BCUT2D eigenvalue weighted by Gasteiger charge is 2.24. The smallest absolute Gasteiger partial charge is 0.271 e. The van der Waals surface area contributed by atoms with Gasteiger partial charge in [-0.3, -0.25) is 14.2 Å². The number of hydrogen-bond donors (Lipinski definition) is 3. The number of thiophene rings is 1. The Hall–Kier alpha value is -2.31. The first-order valence-corrected chi connectivity index (χ1v) is 13.2. The zero-order chi connectivity index (χ0) is 22.4. The van der Waals surface area contributed by atoms with Gasteiger partial charge in [-0.15, -0.1) is 11.3 Å². The lowest BCUT2D eigenvalue weighted by Gasteiger charge is -2.16. The SMILES string of the molecule is O=C1Cc2cc(S(=O)(=O)Nc3cc(Cl)c(Cl)cc3NS(=O)(=O)c3cccs3)ccc2N1. The van der Waals surface area contributed by atoms with Gasteiger partial charge in [0.05, 0.1) is 32.7 Å². The predicted molar refractivity (Wildman–Crippen MR) is 121 cm³/mol. The van der Waals surface area contributed by atoms with E-state index in [1.54, 1.807) is 11.4 Å². The number of carbonyl (C=O) groups excluding carboxylic acids is 1. The average molecular weight is 518 g/mol. The fourth-order valence-corrected chi connectivity index (χ4v) is 6.42. The number of hydrogen-bond acceptors (Lipinski definition) is 6. The van der Waals surface area contributed by atoms with Crippen molar-refractivity contribution >= 4 is 77.6 Å². The summed E-state index contributed by atoms with van der Waals surface area (Å²) in [5.74, 6) is -0.229. The Labute approximate surface area is 192 Å². The van der Waals surface area contributed by atoms with Crippen LogP contribution in [0.25, 0.3) is 0 Å². The predicted octanol–water partition coefficient (Wildman–Crippen LogP) is 4.15. The molecule has 1 aromatic heterocycles. The number of sulfonamides is 2. The Morgan fingerprint density at radius 3 is 2.16 bits per heavy atom. The number of halogens is 2. The zero-order valence-corrected chi connectivity index (χ0v) is 19.3. The standard InChI is InChI=1S/C18H13Cl2N3O5S3/c19-12-8-15(16(9-13(12)20)23-31(27,28)18-2-1-5-29-18)22-30(25,26)11-3-4-14-10(6-11)7-17(24)21-14/h1-6,8-9,22-23H,7H2,(H,21,24). The molecule has 31 heavy (non-hydrogen) atoms. The summed E-state index contributed by atoms with van der Waals surface area (Å²) in [6.07, 6.45) is 0.0668. The van der Waals surface area contributed by atoms with E-state index in [1.807, 2.05) is 0 Å². The molecule has 4 rings (SSSR count). The van der Waals surface area contributed by atoms with Crippen molar-refractivity contribution in [2.75, 3.05) is 14.8 Å². The first-order chi connectivity index (χ1) is 14.5. The normalized spacial score (nSPS) is 13.5. The molecule has 0 spiro atoms. The van der Waals surface area contributed by atoms with E-state index < -0.39 is 20.0 Å². The molecule has 0 saturated carbocycles. The van der Waals surface area contributed by atoms with Crippen molar-refractivity contribution < 1.29 is 21.6 Å². The lowest BCUT2D eigenvalue weighted by atomic mass is 10.2. The molecule has 0 atom stereocenters. The van der Waals surface area contributed by atoms with Gasteiger partial charge in [0.2, 0.25) is 5.91 Å². The lowest BCUT2D eigenvalue weighted by Crippen LogP contribution is -2.17. The molecule has 0 bridgehead atoms. The molecule has 0 unspecified atom stereocenters. The van der Waals surface area contributed by atoms with Crippen molar-refractivity contribution in [3.05, 3.63) is 63.5 Å². The number of anilines is 3. The molecule has 8 nitrogen and oxygen atoms in total. The number of rotatable bonds is 6. The van der Waals surface area contributed by atoms with Gasteiger partial charge in [0.15, 0.2) is 0 Å². The van der Waals surface area contributed by atoms with Crippen LogP contribution in [0.15, 0.2) is 56.9 Å². The second kappa shape index (κ2) is 7.99. The largest absolute Gasteiger partial charge is 0.326 e. The molecule has 0 fully saturated rings. The third-order valence-electron chi connectivity index (χ3n) is 4.32. The van der Waals surface area contributed by atoms with Crippen LogP contribution in [0.3, 0.4) is 0 Å². The molecule has 2 aromatic carbocycles. The minimum Gasteiger partial charge on any atom is -0.326 e. The second-order valence-electron chi connectivity index (χ2n) is 6.50. The number of benzene rings is 2. The summed E-state index contributed by atoms with van der Waals surface area (Å²) < 4.78 is 55.9. The molecular weight excluding hydrogens is 505 g/mol. The molecular formula is C18H13Cl2N3O5S3. The van der Waals surface area contributed by atoms with Crippen LogP contribution in [0.4, 0.5) is 17.1 Å². The van der Waals surface area contributed by atoms with Gasteiger partial charge in [-0.05, 0) is 47.3 Å². The fraction of sp³-hybridized carbons (Fsp3) is 0.0556. The average Bonchev–Trinajstić information content (AvgIpc) is 3.34. The summed E-state index contributed by atoms with van der Waals surface area (Å²) in [5, 5.41) is 4.29. The van der Waals surface area contributed by atoms with Crippen LogP contribution in [0.1, 0.15) is 5.56 Å². The summed E-state index contributed by atoms with van der Waals surface area (Å²) in [5.41, 5.74) is 0.886. The first kappa shape index (κ1) is 21.9. The maximum absolute atomic E-state index is 13.0. The Kier molecular flexibility index (Phi) is 5.64. The van der Waals surface area contributed by atoms with E-state index in [4.69, 9.17) is 23.2 Å². The van der Waals surface area contributed by atoms with Crippen LogP contribution in [-0.4, -0.2) is 22.7 Å². The monoisotopic (exact) mass is 517 g/mol. The summed E-state index contributed by atoms with van der Waals surface area (Å²) in [6.45, 7) is 0. The van der Waals surface area contributed by atoms with Gasteiger partial charge in [0.1, 0.15) is 4.21 Å². The molecule has 1 amide bonds. The fourth-order valence-electron chi connectivity index (χ4n) is 2.90. The number of fused-ring (bicyclic) bond motifs is 1. The Morgan fingerprint density at radius 2 is 1.55 bits per heavy atom. The third-order valence-corrected chi connectivity index (χ3v) is 9.17. The van der Waals surface area contributed by atoms with E-state index >= 15 is 0 Å². The molecule has 1 aliphatic heterocycles. The van der Waals surface area contributed by atoms with Gasteiger partial charge >= 0.3 is 0 Å². The van der Waals surface area contributed by atoms with Gasteiger partial charge in [-0.25, -0.2) is 16.8 Å². The van der Waals surface area contributed by atoms with Gasteiger partial charge in [-0.2, -0.15) is 0 Å². The maximum Gasteiger partial charge on any atom is 0.271 e. The number of amides is 1. The van der Waals surface area contributed by atoms with Crippen LogP contribution in [-0.2, 0) is 31.3 Å². The minimum atomic E-state index is -4.14. The molecule has 162 valence electrons. The molecule has 0 aliphatic carbocycles. The Balaban J connectivity index is 1.70. The molecule has 3 aromatic rings. The van der Waals surface area contributed by atoms with E-state index in [2.05, 4.69) is 14.8 Å². The van der Waals surface area contributed by atoms with Crippen LogP contribution in [0.2, 0.25) is 10.0 Å². The van der Waals surface area contributed by atoms with Crippen molar-refractivity contribution in [3.8, 4) is 0 Å². The number of carbonyl (C=O) groups is 1. The highest BCUT2D eigenvalue weighted by Crippen LogP contribution is 2.36. The third kappa shape index (κ3) is 4.51. The van der Waals surface area contributed by atoms with Gasteiger partial charge in [-0.1, -0.05) is 29.3 Å².